The van der Waals surface area contributed by atoms with E-state index in [1.807, 2.05) is 56.5 Å². The lowest BCUT2D eigenvalue weighted by atomic mass is 10.2. The summed E-state index contributed by atoms with van der Waals surface area (Å²) < 4.78 is 5.17. The van der Waals surface area contributed by atoms with Crippen molar-refractivity contribution in [2.75, 3.05) is 5.32 Å². The fourth-order valence-corrected chi connectivity index (χ4v) is 2.17. The van der Waals surface area contributed by atoms with E-state index in [2.05, 4.69) is 10.3 Å². The molecule has 0 aliphatic carbocycles. The van der Waals surface area contributed by atoms with Gasteiger partial charge in [-0.05, 0) is 20.8 Å². The van der Waals surface area contributed by atoms with Gasteiger partial charge in [0, 0.05) is 10.9 Å². The molecular weight excluding hydrogens is 260 g/mol. The third-order valence-corrected chi connectivity index (χ3v) is 2.94. The third-order valence-electron chi connectivity index (χ3n) is 2.18. The van der Waals surface area contributed by atoms with Crippen LogP contribution < -0.4 is 5.32 Å². The van der Waals surface area contributed by atoms with Crippen LogP contribution in [0.1, 0.15) is 20.8 Å². The number of anilines is 1. The zero-order valence-electron chi connectivity index (χ0n) is 11.1. The summed E-state index contributed by atoms with van der Waals surface area (Å²) >= 11 is 1.38. The monoisotopic (exact) mass is 276 g/mol. The largest absolute Gasteiger partial charge is 0.444 e. The molecule has 0 saturated heterocycles. The first-order chi connectivity index (χ1) is 8.94. The topological polar surface area (TPSA) is 51.2 Å². The second-order valence-electron chi connectivity index (χ2n) is 5.03. The number of aromatic nitrogens is 1. The van der Waals surface area contributed by atoms with Crippen molar-refractivity contribution in [1.82, 2.24) is 4.98 Å². The van der Waals surface area contributed by atoms with E-state index in [1.165, 1.54) is 11.3 Å². The summed E-state index contributed by atoms with van der Waals surface area (Å²) in [5.41, 5.74) is 1.36. The van der Waals surface area contributed by atoms with Gasteiger partial charge in [-0.1, -0.05) is 30.3 Å². The number of carbonyl (C=O) groups excluding carboxylic acids is 1. The van der Waals surface area contributed by atoms with E-state index in [-0.39, 0.29) is 0 Å². The molecule has 2 rings (SSSR count). The highest BCUT2D eigenvalue weighted by molar-refractivity contribution is 7.14. The fourth-order valence-electron chi connectivity index (χ4n) is 1.46. The predicted molar refractivity (Wildman–Crippen MR) is 77.4 cm³/mol. The Hall–Kier alpha value is -1.88. The number of carbonyl (C=O) groups is 1. The Kier molecular flexibility index (Phi) is 3.85. The van der Waals surface area contributed by atoms with E-state index >= 15 is 0 Å². The number of nitrogens with one attached hydrogen (secondary N) is 1. The van der Waals surface area contributed by atoms with Gasteiger partial charge in [-0.2, -0.15) is 0 Å². The Morgan fingerprint density at radius 3 is 2.58 bits per heavy atom. The number of hydrogen-bond donors (Lipinski definition) is 1. The van der Waals surface area contributed by atoms with E-state index in [1.54, 1.807) is 0 Å². The highest BCUT2D eigenvalue weighted by Crippen LogP contribution is 2.24. The number of amides is 1. The second-order valence-corrected chi connectivity index (χ2v) is 5.89. The Labute approximate surface area is 116 Å². The predicted octanol–water partition coefficient (Wildman–Crippen LogP) is 4.16. The number of hydrogen-bond acceptors (Lipinski definition) is 4. The van der Waals surface area contributed by atoms with Crippen molar-refractivity contribution in [3.63, 3.8) is 0 Å². The quantitative estimate of drug-likeness (QED) is 0.896. The van der Waals surface area contributed by atoms with Gasteiger partial charge >= 0.3 is 6.09 Å². The smallest absolute Gasteiger partial charge is 0.413 e. The van der Waals surface area contributed by atoms with Gasteiger partial charge in [-0.3, -0.25) is 5.32 Å². The van der Waals surface area contributed by atoms with E-state index in [0.717, 1.165) is 11.3 Å². The number of nitrogens with zero attached hydrogens (tertiary/aromatic N) is 1. The van der Waals surface area contributed by atoms with Crippen LogP contribution in [0.5, 0.6) is 0 Å². The van der Waals surface area contributed by atoms with E-state index in [0.29, 0.717) is 5.13 Å². The molecule has 4 nitrogen and oxygen atoms in total. The summed E-state index contributed by atoms with van der Waals surface area (Å²) in [6.45, 7) is 5.47. The van der Waals surface area contributed by atoms with Crippen molar-refractivity contribution in [3.8, 4) is 11.3 Å². The standard InChI is InChI=1S/C14H16N2O2S/c1-14(2,3)18-13(17)16-12-15-11(9-19-12)10-7-5-4-6-8-10/h4-9H,1-3H3,(H,15,16,17). The lowest BCUT2D eigenvalue weighted by molar-refractivity contribution is 0.0636. The molecule has 1 amide bonds. The first kappa shape index (κ1) is 13.5. The van der Waals surface area contributed by atoms with Crippen molar-refractivity contribution >= 4 is 22.6 Å². The molecule has 0 atom stereocenters. The van der Waals surface area contributed by atoms with Crippen molar-refractivity contribution in [2.24, 2.45) is 0 Å². The van der Waals surface area contributed by atoms with E-state index in [9.17, 15) is 4.79 Å². The molecule has 0 aliphatic rings. The normalized spacial score (nSPS) is 11.1. The Morgan fingerprint density at radius 2 is 1.95 bits per heavy atom. The SMILES string of the molecule is CC(C)(C)OC(=O)Nc1nc(-c2ccccc2)cs1. The van der Waals surface area contributed by atoms with Crippen LogP contribution in [-0.4, -0.2) is 16.7 Å². The molecule has 0 unspecified atom stereocenters. The summed E-state index contributed by atoms with van der Waals surface area (Å²) in [7, 11) is 0. The van der Waals surface area contributed by atoms with Gasteiger partial charge in [-0.15, -0.1) is 11.3 Å². The van der Waals surface area contributed by atoms with Gasteiger partial charge in [0.05, 0.1) is 5.69 Å². The average molecular weight is 276 g/mol. The van der Waals surface area contributed by atoms with Crippen molar-refractivity contribution in [2.45, 2.75) is 26.4 Å². The highest BCUT2D eigenvalue weighted by atomic mass is 32.1. The first-order valence-electron chi connectivity index (χ1n) is 5.95. The molecule has 2 aromatic rings. The molecule has 1 N–H and O–H groups in total. The molecule has 100 valence electrons. The van der Waals surface area contributed by atoms with Crippen LogP contribution in [0, 0.1) is 0 Å². The van der Waals surface area contributed by atoms with Gasteiger partial charge in [0.2, 0.25) is 0 Å². The molecule has 1 aromatic heterocycles. The Bertz CT molecular complexity index is 558. The highest BCUT2D eigenvalue weighted by Gasteiger charge is 2.17. The minimum absolute atomic E-state index is 0.485. The summed E-state index contributed by atoms with van der Waals surface area (Å²) in [6.07, 6.45) is -0.485. The summed E-state index contributed by atoms with van der Waals surface area (Å²) in [4.78, 5) is 16.0. The minimum atomic E-state index is -0.510. The number of thiazole rings is 1. The van der Waals surface area contributed by atoms with Crippen molar-refractivity contribution in [3.05, 3.63) is 35.7 Å². The zero-order valence-corrected chi connectivity index (χ0v) is 12.0. The Morgan fingerprint density at radius 1 is 1.26 bits per heavy atom. The lowest BCUT2D eigenvalue weighted by Gasteiger charge is -2.18. The lowest BCUT2D eigenvalue weighted by Crippen LogP contribution is -2.27. The molecule has 5 heteroatoms. The number of benzene rings is 1. The van der Waals surface area contributed by atoms with Gasteiger partial charge in [0.25, 0.3) is 0 Å². The van der Waals surface area contributed by atoms with Gasteiger partial charge in [0.15, 0.2) is 5.13 Å². The fraction of sp³-hybridized carbons (Fsp3) is 0.286. The summed E-state index contributed by atoms with van der Waals surface area (Å²) in [6, 6.07) is 9.82. The van der Waals surface area contributed by atoms with E-state index in [4.69, 9.17) is 4.74 Å². The van der Waals surface area contributed by atoms with Crippen LogP contribution in [0.4, 0.5) is 9.93 Å². The molecule has 1 aromatic carbocycles. The van der Waals surface area contributed by atoms with Crippen molar-refractivity contribution < 1.29 is 9.53 Å². The van der Waals surface area contributed by atoms with E-state index < -0.39 is 11.7 Å². The van der Waals surface area contributed by atoms with Crippen LogP contribution in [0.2, 0.25) is 0 Å². The molecule has 19 heavy (non-hydrogen) atoms. The molecule has 0 saturated carbocycles. The maximum atomic E-state index is 11.6. The molecule has 0 fully saturated rings. The Balaban J connectivity index is 2.04. The van der Waals surface area contributed by atoms with Crippen LogP contribution in [0.3, 0.4) is 0 Å². The van der Waals surface area contributed by atoms with Gasteiger partial charge < -0.3 is 4.74 Å². The number of ether oxygens (including phenoxy) is 1. The van der Waals surface area contributed by atoms with Crippen molar-refractivity contribution in [1.29, 1.82) is 0 Å². The maximum absolute atomic E-state index is 11.6. The summed E-state index contributed by atoms with van der Waals surface area (Å²) in [5, 5.41) is 5.07. The molecule has 0 spiro atoms. The first-order valence-corrected chi connectivity index (χ1v) is 6.83. The molecule has 0 bridgehead atoms. The molecule has 0 aliphatic heterocycles. The zero-order chi connectivity index (χ0) is 13.9. The number of rotatable bonds is 2. The van der Waals surface area contributed by atoms with Crippen LogP contribution in [0.25, 0.3) is 11.3 Å². The average Bonchev–Trinajstić information content (AvgIpc) is 2.76. The summed E-state index contributed by atoms with van der Waals surface area (Å²) in [5.74, 6) is 0. The maximum Gasteiger partial charge on any atom is 0.413 e. The molecule has 1 heterocycles. The van der Waals surface area contributed by atoms with Crippen LogP contribution >= 0.6 is 11.3 Å². The van der Waals surface area contributed by atoms with Crippen LogP contribution in [0.15, 0.2) is 35.7 Å². The molecular formula is C14H16N2O2S. The molecule has 0 radical (unpaired) electrons. The second kappa shape index (κ2) is 5.40. The minimum Gasteiger partial charge on any atom is -0.444 e. The van der Waals surface area contributed by atoms with Gasteiger partial charge in [-0.25, -0.2) is 9.78 Å². The van der Waals surface area contributed by atoms with Crippen LogP contribution in [-0.2, 0) is 4.74 Å². The third kappa shape index (κ3) is 4.06. The van der Waals surface area contributed by atoms with Gasteiger partial charge in [0.1, 0.15) is 5.60 Å².